The molecular formula is C41H60N8O11S2. The number of benzene rings is 1. The van der Waals surface area contributed by atoms with Crippen LogP contribution in [-0.4, -0.2) is 118 Å². The van der Waals surface area contributed by atoms with Gasteiger partial charge in [0.15, 0.2) is 0 Å². The Morgan fingerprint density at radius 3 is 2.19 bits per heavy atom. The van der Waals surface area contributed by atoms with Gasteiger partial charge in [0.2, 0.25) is 35.4 Å². The maximum absolute atomic E-state index is 13.6. The molecule has 1 saturated heterocycles. The van der Waals surface area contributed by atoms with Crippen LogP contribution in [0.1, 0.15) is 79.2 Å². The van der Waals surface area contributed by atoms with Gasteiger partial charge in [-0.3, -0.25) is 48.1 Å². The molecule has 2 aliphatic heterocycles. The second-order valence-electron chi connectivity index (χ2n) is 15.9. The number of carbonyl (C=O) groups excluding carboxylic acids is 8. The van der Waals surface area contributed by atoms with E-state index in [1.54, 1.807) is 29.7 Å². The average molecular weight is 905 g/mol. The molecule has 1 fully saturated rings. The van der Waals surface area contributed by atoms with E-state index >= 15 is 0 Å². The van der Waals surface area contributed by atoms with Gasteiger partial charge in [-0.25, -0.2) is 0 Å². The number of likely N-dealkylation sites (tertiary alicyclic amines) is 1. The van der Waals surface area contributed by atoms with E-state index in [0.717, 1.165) is 16.9 Å². The highest BCUT2D eigenvalue weighted by molar-refractivity contribution is 8.03. The van der Waals surface area contributed by atoms with Crippen LogP contribution in [0, 0.1) is 17.8 Å². The first-order chi connectivity index (χ1) is 29.2. The summed E-state index contributed by atoms with van der Waals surface area (Å²) in [5, 5.41) is 26.3. The molecule has 8 atom stereocenters. The number of hydrogen-bond donors (Lipinski definition) is 9. The summed E-state index contributed by atoms with van der Waals surface area (Å²) >= 11 is 5.30. The van der Waals surface area contributed by atoms with Gasteiger partial charge in [-0.15, -0.1) is 11.8 Å². The molecule has 2 aliphatic rings. The summed E-state index contributed by atoms with van der Waals surface area (Å²) in [6.07, 6.45) is 1.03. The number of esters is 1. The summed E-state index contributed by atoms with van der Waals surface area (Å²) in [4.78, 5) is 113. The third-order valence-electron chi connectivity index (χ3n) is 10.4. The van der Waals surface area contributed by atoms with Crippen molar-refractivity contribution in [1.29, 1.82) is 0 Å². The normalized spacial score (nSPS) is 18.9. The number of nitrogens with two attached hydrogens (primary N) is 1. The molecule has 0 bridgehead atoms. The van der Waals surface area contributed by atoms with Gasteiger partial charge in [-0.1, -0.05) is 53.2 Å². The van der Waals surface area contributed by atoms with Gasteiger partial charge in [0.25, 0.3) is 5.91 Å². The summed E-state index contributed by atoms with van der Waals surface area (Å²) < 4.78 is 5.69. The maximum Gasteiger partial charge on any atom is 0.306 e. The van der Waals surface area contributed by atoms with Crippen LogP contribution in [0.3, 0.4) is 0 Å². The van der Waals surface area contributed by atoms with Crippen molar-refractivity contribution in [1.82, 2.24) is 31.5 Å². The van der Waals surface area contributed by atoms with E-state index in [1.807, 2.05) is 27.7 Å². The first-order valence-electron chi connectivity index (χ1n) is 20.5. The van der Waals surface area contributed by atoms with E-state index in [4.69, 9.17) is 10.5 Å². The van der Waals surface area contributed by atoms with Crippen LogP contribution in [0.15, 0.2) is 35.4 Å². The number of ether oxygens (including phenoxy) is 1. The first-order valence-corrected chi connectivity index (χ1v) is 22.0. The number of nitrogens with zero attached hydrogens (tertiary/aromatic N) is 1. The van der Waals surface area contributed by atoms with Crippen LogP contribution in [0.25, 0.3) is 0 Å². The number of hydrogen-bond acceptors (Lipinski definition) is 14. The maximum atomic E-state index is 13.6. The lowest BCUT2D eigenvalue weighted by Crippen LogP contribution is -2.54. The topological polar surface area (TPSA) is 285 Å². The van der Waals surface area contributed by atoms with Crippen molar-refractivity contribution in [3.05, 3.63) is 40.9 Å². The van der Waals surface area contributed by atoms with E-state index in [0.29, 0.717) is 18.5 Å². The molecule has 0 saturated carbocycles. The monoisotopic (exact) mass is 904 g/mol. The number of carboxylic acid groups (broad SMARTS) is 1. The van der Waals surface area contributed by atoms with Gasteiger partial charge in [-0.2, -0.15) is 12.6 Å². The minimum Gasteiger partial charge on any atom is -0.481 e. The number of nitrogens with one attached hydrogen (secondary N) is 6. The predicted octanol–water partition coefficient (Wildman–Crippen LogP) is 0.783. The molecule has 3 rings (SSSR count). The third-order valence-corrected chi connectivity index (χ3v) is 11.9. The zero-order chi connectivity index (χ0) is 46.3. The van der Waals surface area contributed by atoms with Crippen molar-refractivity contribution >= 4 is 83.4 Å². The van der Waals surface area contributed by atoms with Gasteiger partial charge >= 0.3 is 11.9 Å². The Labute approximate surface area is 371 Å². The number of aliphatic carboxylic acids is 1. The molecule has 21 heteroatoms. The van der Waals surface area contributed by atoms with Crippen molar-refractivity contribution in [2.45, 2.75) is 115 Å². The molecule has 19 nitrogen and oxygen atoms in total. The first kappa shape index (κ1) is 51.2. The number of carboxylic acids is 1. The van der Waals surface area contributed by atoms with Crippen LogP contribution in [-0.2, 0) is 54.3 Å². The molecule has 342 valence electrons. The highest BCUT2D eigenvalue weighted by atomic mass is 32.2. The SMILES string of the molecule is CC[C@H](C)CC(=O)NC(CC(OC(C)=O)C1NC(C(=O)NC(Cc2ccc(NC(=O)CNC(=O)CNC(=O)C(CN)N3C(=O)CC(S)C3=O)cc2)CC(C)C(=O)O)=CS1)C(C)C. The zero-order valence-electron chi connectivity index (χ0n) is 35.9. The highest BCUT2D eigenvalue weighted by Gasteiger charge is 2.43. The predicted molar refractivity (Wildman–Crippen MR) is 234 cm³/mol. The summed E-state index contributed by atoms with van der Waals surface area (Å²) in [5.41, 5.74) is 6.93. The lowest BCUT2D eigenvalue weighted by atomic mass is 9.95. The van der Waals surface area contributed by atoms with E-state index in [-0.39, 0.29) is 55.3 Å². The second kappa shape index (κ2) is 24.5. The fourth-order valence-electron chi connectivity index (χ4n) is 6.60. The van der Waals surface area contributed by atoms with Crippen molar-refractivity contribution in [2.75, 3.05) is 25.0 Å². The molecule has 9 N–H and O–H groups in total. The largest absolute Gasteiger partial charge is 0.481 e. The smallest absolute Gasteiger partial charge is 0.306 e. The molecule has 7 unspecified atom stereocenters. The van der Waals surface area contributed by atoms with Gasteiger partial charge in [-0.05, 0) is 42.4 Å². The quantitative estimate of drug-likeness (QED) is 0.0394. The van der Waals surface area contributed by atoms with Crippen molar-refractivity contribution in [3.8, 4) is 0 Å². The minimum absolute atomic E-state index is 0.0306. The highest BCUT2D eigenvalue weighted by Crippen LogP contribution is 2.29. The van der Waals surface area contributed by atoms with Crippen LogP contribution >= 0.6 is 24.4 Å². The summed E-state index contributed by atoms with van der Waals surface area (Å²) in [7, 11) is 0. The van der Waals surface area contributed by atoms with E-state index in [2.05, 4.69) is 44.5 Å². The molecule has 0 aromatic heterocycles. The Balaban J connectivity index is 1.56. The number of carbonyl (C=O) groups is 9. The third kappa shape index (κ3) is 16.0. The average Bonchev–Trinajstić information content (AvgIpc) is 3.80. The van der Waals surface area contributed by atoms with Gasteiger partial charge in [0.1, 0.15) is 23.2 Å². The molecule has 62 heavy (non-hydrogen) atoms. The summed E-state index contributed by atoms with van der Waals surface area (Å²) in [6.45, 7) is 9.44. The number of thioether (sulfide) groups is 1. The van der Waals surface area contributed by atoms with Gasteiger partial charge in [0.05, 0.1) is 24.3 Å². The van der Waals surface area contributed by atoms with Crippen LogP contribution in [0.4, 0.5) is 5.69 Å². The number of anilines is 1. The van der Waals surface area contributed by atoms with Crippen LogP contribution < -0.4 is 37.6 Å². The lowest BCUT2D eigenvalue weighted by molar-refractivity contribution is -0.147. The van der Waals surface area contributed by atoms with Crippen LogP contribution in [0.5, 0.6) is 0 Å². The van der Waals surface area contributed by atoms with Crippen molar-refractivity contribution in [2.24, 2.45) is 23.5 Å². The van der Waals surface area contributed by atoms with E-state index < -0.39 is 95.2 Å². The molecular weight excluding hydrogens is 845 g/mol. The molecule has 0 spiro atoms. The van der Waals surface area contributed by atoms with Crippen molar-refractivity contribution < 1.29 is 53.0 Å². The number of thiol groups is 1. The molecule has 0 radical (unpaired) electrons. The zero-order valence-corrected chi connectivity index (χ0v) is 37.6. The van der Waals surface area contributed by atoms with Gasteiger partial charge < -0.3 is 47.5 Å². The molecule has 1 aromatic rings. The molecule has 0 aliphatic carbocycles. The minimum atomic E-state index is -1.31. The van der Waals surface area contributed by atoms with Crippen LogP contribution in [0.2, 0.25) is 0 Å². The molecule has 1 aromatic carbocycles. The van der Waals surface area contributed by atoms with E-state index in [9.17, 15) is 48.3 Å². The van der Waals surface area contributed by atoms with E-state index in [1.165, 1.54) is 25.6 Å². The van der Waals surface area contributed by atoms with Crippen molar-refractivity contribution in [3.63, 3.8) is 0 Å². The lowest BCUT2D eigenvalue weighted by Gasteiger charge is -2.30. The fourth-order valence-corrected chi connectivity index (χ4v) is 7.87. The number of rotatable bonds is 24. The standard InChI is InChI=1S/C41H60N8O11S2/c1-7-22(4)12-33(51)47-28(21(2)3)15-31(60-24(6)50)39-48-29(20-62-39)37(55)46-27(13-23(5)41(58)59)14-25-8-10-26(11-9-25)45-35(53)19-43-34(52)18-44-38(56)30(17-42)49-36(54)16-32(61)40(49)57/h8-11,20-23,27-28,30-32,39,48,61H,7,12-19,42H2,1-6H3,(H,43,52)(H,44,56)(H,45,53)(H,46,55)(H,47,51)(H,58,59)/t22-,23?,27?,28?,30?,31?,32?,39?/m0/s1. The number of amides is 7. The Morgan fingerprint density at radius 2 is 1.63 bits per heavy atom. The Hall–Kier alpha value is -5.15. The van der Waals surface area contributed by atoms with Gasteiger partial charge in [0, 0.05) is 55.9 Å². The number of imide groups is 1. The fraction of sp³-hybridized carbons (Fsp3) is 0.585. The second-order valence-corrected chi connectivity index (χ2v) is 17.6. The Kier molecular flexibility index (Phi) is 20.2. The molecule has 2 heterocycles. The Morgan fingerprint density at radius 1 is 0.968 bits per heavy atom. The summed E-state index contributed by atoms with van der Waals surface area (Å²) in [5.74, 6) is -6.02. The molecule has 7 amide bonds. The summed E-state index contributed by atoms with van der Waals surface area (Å²) in [6, 6.07) is 4.37. The Bertz CT molecular complexity index is 1850.